The van der Waals surface area contributed by atoms with Crippen LogP contribution in [0.1, 0.15) is 13.8 Å². The maximum Gasteiger partial charge on any atom is 0.407 e. The van der Waals surface area contributed by atoms with E-state index in [1.165, 1.54) is 0 Å². The van der Waals surface area contributed by atoms with Crippen molar-refractivity contribution in [3.8, 4) is 0 Å². The van der Waals surface area contributed by atoms with Crippen LogP contribution in [0.4, 0.5) is 4.79 Å². The smallest absolute Gasteiger partial charge is 0.407 e. The van der Waals surface area contributed by atoms with Gasteiger partial charge in [-0.05, 0) is 11.8 Å². The first kappa shape index (κ1) is 20.8. The van der Waals surface area contributed by atoms with Crippen LogP contribution in [0.25, 0.3) is 0 Å². The quantitative estimate of drug-likeness (QED) is 0.538. The second kappa shape index (κ2) is 9.30. The Bertz CT molecular complexity index is 404. The van der Waals surface area contributed by atoms with Crippen LogP contribution < -0.4 is 5.32 Å². The number of rotatable bonds is 6. The molecule has 0 aliphatic carbocycles. The average molecular weight is 391 g/mol. The highest BCUT2D eigenvalue weighted by atomic mass is 35.6. The van der Waals surface area contributed by atoms with Crippen LogP contribution in [-0.2, 0) is 14.2 Å². The second-order valence-corrected chi connectivity index (χ2v) is 7.94. The standard InChI is InChI=1S/C14H22Cl3NO5/c1-4-5-21-12-11(9(3)8(2)10(6-19)23-12)18-13(20)22-7-14(15,16)17/h4,8-12,19H,1,5-7H2,2-3H3,(H,18,20)/t8-,9-,10?,11?,12+/m0/s1. The van der Waals surface area contributed by atoms with E-state index >= 15 is 0 Å². The molecule has 0 bridgehead atoms. The van der Waals surface area contributed by atoms with Crippen LogP contribution in [0, 0.1) is 11.8 Å². The van der Waals surface area contributed by atoms with Crippen molar-refractivity contribution in [1.29, 1.82) is 0 Å². The zero-order chi connectivity index (χ0) is 17.6. The highest BCUT2D eigenvalue weighted by Crippen LogP contribution is 2.31. The first-order chi connectivity index (χ1) is 10.7. The zero-order valence-corrected chi connectivity index (χ0v) is 15.3. The molecule has 1 saturated heterocycles. The summed E-state index contributed by atoms with van der Waals surface area (Å²) < 4.78 is 14.4. The van der Waals surface area contributed by atoms with Gasteiger partial charge in [0.15, 0.2) is 6.29 Å². The number of aliphatic hydroxyl groups excluding tert-OH is 1. The van der Waals surface area contributed by atoms with Gasteiger partial charge >= 0.3 is 6.09 Å². The lowest BCUT2D eigenvalue weighted by Gasteiger charge is -2.43. The van der Waals surface area contributed by atoms with Gasteiger partial charge in [-0.1, -0.05) is 54.7 Å². The predicted molar refractivity (Wildman–Crippen MR) is 88.8 cm³/mol. The number of alkyl carbamates (subject to hydrolysis) is 1. The normalized spacial score (nSPS) is 31.5. The Morgan fingerprint density at radius 2 is 2.04 bits per heavy atom. The maximum absolute atomic E-state index is 11.9. The fourth-order valence-corrected chi connectivity index (χ4v) is 2.50. The lowest BCUT2D eigenvalue weighted by Crippen LogP contribution is -2.58. The van der Waals surface area contributed by atoms with Crippen LogP contribution in [0.5, 0.6) is 0 Å². The predicted octanol–water partition coefficient (Wildman–Crippen LogP) is 2.64. The molecule has 0 spiro atoms. The number of alkyl halides is 3. The molecule has 5 atom stereocenters. The lowest BCUT2D eigenvalue weighted by atomic mass is 9.82. The molecule has 23 heavy (non-hydrogen) atoms. The second-order valence-electron chi connectivity index (χ2n) is 5.43. The molecule has 0 aromatic heterocycles. The van der Waals surface area contributed by atoms with Gasteiger partial charge in [-0.15, -0.1) is 6.58 Å². The number of hydrogen-bond donors (Lipinski definition) is 2. The number of ether oxygens (including phenoxy) is 3. The summed E-state index contributed by atoms with van der Waals surface area (Å²) in [6.07, 6.45) is -0.288. The van der Waals surface area contributed by atoms with Crippen LogP contribution in [0.3, 0.4) is 0 Å². The highest BCUT2D eigenvalue weighted by Gasteiger charge is 2.42. The SMILES string of the molecule is C=CCO[C@@H]1OC(CO)[C@@H](C)[C@H](C)C1NC(=O)OCC(Cl)(Cl)Cl. The van der Waals surface area contributed by atoms with Crippen molar-refractivity contribution >= 4 is 40.9 Å². The van der Waals surface area contributed by atoms with Crippen molar-refractivity contribution in [3.05, 3.63) is 12.7 Å². The number of carbonyl (C=O) groups excluding carboxylic acids is 1. The minimum Gasteiger partial charge on any atom is -0.445 e. The van der Waals surface area contributed by atoms with Gasteiger partial charge in [-0.25, -0.2) is 4.79 Å². The molecule has 0 aromatic carbocycles. The molecule has 2 N–H and O–H groups in total. The molecule has 1 aliphatic rings. The first-order valence-corrected chi connectivity index (χ1v) is 8.31. The van der Waals surface area contributed by atoms with Gasteiger partial charge in [0.2, 0.25) is 3.79 Å². The van der Waals surface area contributed by atoms with Gasteiger partial charge in [0.25, 0.3) is 0 Å². The van der Waals surface area contributed by atoms with E-state index in [-0.39, 0.29) is 37.8 Å². The van der Waals surface area contributed by atoms with Gasteiger partial charge in [0.1, 0.15) is 6.61 Å². The molecule has 1 heterocycles. The Morgan fingerprint density at radius 3 is 2.57 bits per heavy atom. The van der Waals surface area contributed by atoms with E-state index in [1.807, 2.05) is 13.8 Å². The van der Waals surface area contributed by atoms with Crippen molar-refractivity contribution in [3.63, 3.8) is 0 Å². The molecule has 134 valence electrons. The Morgan fingerprint density at radius 1 is 1.39 bits per heavy atom. The molecule has 0 aromatic rings. The van der Waals surface area contributed by atoms with Crippen molar-refractivity contribution in [2.75, 3.05) is 19.8 Å². The maximum atomic E-state index is 11.9. The first-order valence-electron chi connectivity index (χ1n) is 7.18. The summed E-state index contributed by atoms with van der Waals surface area (Å²) in [7, 11) is 0. The molecule has 1 amide bonds. The van der Waals surface area contributed by atoms with E-state index in [1.54, 1.807) is 6.08 Å². The van der Waals surface area contributed by atoms with Crippen molar-refractivity contribution in [2.24, 2.45) is 11.8 Å². The summed E-state index contributed by atoms with van der Waals surface area (Å²) in [5, 5.41) is 12.1. The summed E-state index contributed by atoms with van der Waals surface area (Å²) in [4.78, 5) is 11.9. The van der Waals surface area contributed by atoms with Gasteiger partial charge in [-0.3, -0.25) is 0 Å². The molecule has 0 radical (unpaired) electrons. The topological polar surface area (TPSA) is 77.0 Å². The summed E-state index contributed by atoms with van der Waals surface area (Å²) in [5.74, 6) is -0.0296. The average Bonchev–Trinajstić information content (AvgIpc) is 2.48. The molecule has 1 fully saturated rings. The Labute approximate surface area is 151 Å². The number of nitrogens with one attached hydrogen (secondary N) is 1. The number of halogens is 3. The van der Waals surface area contributed by atoms with Crippen LogP contribution in [-0.4, -0.2) is 53.2 Å². The van der Waals surface area contributed by atoms with E-state index in [0.29, 0.717) is 0 Å². The van der Waals surface area contributed by atoms with Gasteiger partial charge < -0.3 is 24.6 Å². The molecule has 6 nitrogen and oxygen atoms in total. The largest absolute Gasteiger partial charge is 0.445 e. The van der Waals surface area contributed by atoms with Crippen LogP contribution in [0.2, 0.25) is 0 Å². The van der Waals surface area contributed by atoms with E-state index < -0.39 is 22.2 Å². The van der Waals surface area contributed by atoms with Gasteiger partial charge in [0.05, 0.1) is 25.4 Å². The molecular formula is C14H22Cl3NO5. The molecule has 9 heteroatoms. The van der Waals surface area contributed by atoms with Crippen molar-refractivity contribution in [2.45, 2.75) is 36.1 Å². The highest BCUT2D eigenvalue weighted by molar-refractivity contribution is 6.67. The van der Waals surface area contributed by atoms with Crippen LogP contribution in [0.15, 0.2) is 12.7 Å². The van der Waals surface area contributed by atoms with E-state index in [4.69, 9.17) is 49.0 Å². The van der Waals surface area contributed by atoms with Crippen molar-refractivity contribution in [1.82, 2.24) is 5.32 Å². The third kappa shape index (κ3) is 6.64. The Kier molecular flexibility index (Phi) is 8.41. The fourth-order valence-electron chi connectivity index (χ4n) is 2.33. The third-order valence-corrected chi connectivity index (χ3v) is 4.12. The van der Waals surface area contributed by atoms with Crippen molar-refractivity contribution < 1.29 is 24.1 Å². The number of amides is 1. The summed E-state index contributed by atoms with van der Waals surface area (Å²) >= 11 is 16.6. The zero-order valence-electron chi connectivity index (χ0n) is 13.0. The molecule has 1 rings (SSSR count). The fraction of sp³-hybridized carbons (Fsp3) is 0.786. The third-order valence-electron chi connectivity index (χ3n) is 3.79. The summed E-state index contributed by atoms with van der Waals surface area (Å²) in [5.41, 5.74) is 0. The van der Waals surface area contributed by atoms with E-state index in [0.717, 1.165) is 0 Å². The number of aliphatic hydroxyl groups is 1. The number of carbonyl (C=O) groups is 1. The lowest BCUT2D eigenvalue weighted by molar-refractivity contribution is -0.237. The molecule has 2 unspecified atom stereocenters. The monoisotopic (exact) mass is 389 g/mol. The van der Waals surface area contributed by atoms with Crippen LogP contribution >= 0.6 is 34.8 Å². The summed E-state index contributed by atoms with van der Waals surface area (Å²) in [6, 6.07) is -0.476. The minimum absolute atomic E-state index is 0.00190. The summed E-state index contributed by atoms with van der Waals surface area (Å²) in [6.45, 7) is 7.16. The van der Waals surface area contributed by atoms with E-state index in [9.17, 15) is 9.90 Å². The molecular weight excluding hydrogens is 369 g/mol. The number of hydrogen-bond acceptors (Lipinski definition) is 5. The minimum atomic E-state index is -1.68. The van der Waals surface area contributed by atoms with E-state index in [2.05, 4.69) is 11.9 Å². The van der Waals surface area contributed by atoms with Gasteiger partial charge in [0, 0.05) is 0 Å². The molecule has 0 saturated carbocycles. The Hall–Kier alpha value is -0.240. The van der Waals surface area contributed by atoms with Gasteiger partial charge in [-0.2, -0.15) is 0 Å². The Balaban J connectivity index is 2.73. The molecule has 1 aliphatic heterocycles.